The van der Waals surface area contributed by atoms with Crippen molar-refractivity contribution in [1.29, 1.82) is 0 Å². The molecule has 0 saturated carbocycles. The number of aromatic nitrogens is 2. The summed E-state index contributed by atoms with van der Waals surface area (Å²) in [7, 11) is 0. The molecule has 0 atom stereocenters. The number of morpholine rings is 1. The Bertz CT molecular complexity index is 934. The van der Waals surface area contributed by atoms with Gasteiger partial charge in [0.2, 0.25) is 0 Å². The normalized spacial score (nSPS) is 14.7. The van der Waals surface area contributed by atoms with Gasteiger partial charge in [-0.1, -0.05) is 18.2 Å². The predicted octanol–water partition coefficient (Wildman–Crippen LogP) is 2.63. The van der Waals surface area contributed by atoms with E-state index in [1.807, 2.05) is 36.4 Å². The van der Waals surface area contributed by atoms with Crippen LogP contribution in [-0.4, -0.2) is 60.2 Å². The van der Waals surface area contributed by atoms with Crippen LogP contribution in [0.15, 0.2) is 54.9 Å². The monoisotopic (exact) mass is 377 g/mol. The minimum absolute atomic E-state index is 0.252. The number of amides is 1. The lowest BCUT2D eigenvalue weighted by Crippen LogP contribution is -2.39. The van der Waals surface area contributed by atoms with Gasteiger partial charge in [0, 0.05) is 37.8 Å². The molecule has 0 spiro atoms. The zero-order chi connectivity index (χ0) is 19.2. The summed E-state index contributed by atoms with van der Waals surface area (Å²) in [6.45, 7) is 5.34. The van der Waals surface area contributed by atoms with E-state index < -0.39 is 0 Å². The Hall–Kier alpha value is -3.03. The minimum atomic E-state index is -0.252. The Morgan fingerprint density at radius 2 is 1.93 bits per heavy atom. The summed E-state index contributed by atoms with van der Waals surface area (Å²) >= 11 is 0. The lowest BCUT2D eigenvalue weighted by atomic mass is 10.2. The summed E-state index contributed by atoms with van der Waals surface area (Å²) in [5.41, 5.74) is 2.71. The molecule has 1 saturated heterocycles. The van der Waals surface area contributed by atoms with Crippen LogP contribution in [0.4, 0.5) is 11.4 Å². The molecule has 0 radical (unpaired) electrons. The Kier molecular flexibility index (Phi) is 5.75. The summed E-state index contributed by atoms with van der Waals surface area (Å²) in [4.78, 5) is 23.6. The second-order valence-corrected chi connectivity index (χ2v) is 6.65. The van der Waals surface area contributed by atoms with Crippen LogP contribution in [0.1, 0.15) is 10.5 Å². The molecule has 1 aromatic carbocycles. The third-order valence-corrected chi connectivity index (χ3v) is 4.74. The van der Waals surface area contributed by atoms with Gasteiger partial charge in [0.15, 0.2) is 0 Å². The fraction of sp³-hybridized carbons (Fsp3) is 0.286. The standard InChI is InChI=1S/C21H23N5O2/c27-21(25-18-5-1-3-16-4-2-8-23-20(16)18)19-7-6-17(15-24-19)22-9-10-26-11-13-28-14-12-26/h1-8,15,22H,9-14H2,(H,25,27). The van der Waals surface area contributed by atoms with Crippen molar-refractivity contribution in [2.75, 3.05) is 50.0 Å². The number of fused-ring (bicyclic) bond motifs is 1. The van der Waals surface area contributed by atoms with Gasteiger partial charge >= 0.3 is 0 Å². The number of rotatable bonds is 6. The van der Waals surface area contributed by atoms with E-state index in [1.165, 1.54) is 0 Å². The van der Waals surface area contributed by atoms with E-state index in [9.17, 15) is 4.79 Å². The Morgan fingerprint density at radius 1 is 1.07 bits per heavy atom. The largest absolute Gasteiger partial charge is 0.383 e. The number of hydrogen-bond donors (Lipinski definition) is 2. The number of carbonyl (C=O) groups excluding carboxylic acids is 1. The van der Waals surface area contributed by atoms with Crippen molar-refractivity contribution in [3.63, 3.8) is 0 Å². The smallest absolute Gasteiger partial charge is 0.274 e. The average Bonchev–Trinajstić information content (AvgIpc) is 2.75. The average molecular weight is 377 g/mol. The number of carbonyl (C=O) groups is 1. The second kappa shape index (κ2) is 8.77. The molecule has 1 aliphatic heterocycles. The van der Waals surface area contributed by atoms with Crippen molar-refractivity contribution in [2.45, 2.75) is 0 Å². The van der Waals surface area contributed by atoms with Crippen LogP contribution >= 0.6 is 0 Å². The summed E-state index contributed by atoms with van der Waals surface area (Å²) < 4.78 is 5.35. The van der Waals surface area contributed by atoms with E-state index in [-0.39, 0.29) is 5.91 Å². The first-order chi connectivity index (χ1) is 13.8. The highest BCUT2D eigenvalue weighted by Gasteiger charge is 2.11. The van der Waals surface area contributed by atoms with E-state index in [0.717, 1.165) is 56.0 Å². The summed E-state index contributed by atoms with van der Waals surface area (Å²) in [5.74, 6) is -0.252. The molecular formula is C21H23N5O2. The molecule has 4 rings (SSSR count). The molecule has 1 fully saturated rings. The first kappa shape index (κ1) is 18.3. The number of para-hydroxylation sites is 1. The molecule has 1 amide bonds. The number of nitrogens with zero attached hydrogens (tertiary/aromatic N) is 3. The Morgan fingerprint density at radius 3 is 2.75 bits per heavy atom. The lowest BCUT2D eigenvalue weighted by Gasteiger charge is -2.26. The first-order valence-electron chi connectivity index (χ1n) is 9.45. The third-order valence-electron chi connectivity index (χ3n) is 4.74. The Balaban J connectivity index is 1.34. The molecule has 3 heterocycles. The molecule has 2 N–H and O–H groups in total. The van der Waals surface area contributed by atoms with Crippen LogP contribution in [0.2, 0.25) is 0 Å². The quantitative estimate of drug-likeness (QED) is 0.688. The minimum Gasteiger partial charge on any atom is -0.383 e. The molecule has 3 aromatic rings. The van der Waals surface area contributed by atoms with E-state index in [4.69, 9.17) is 4.74 Å². The maximum Gasteiger partial charge on any atom is 0.274 e. The van der Waals surface area contributed by atoms with E-state index in [0.29, 0.717) is 11.4 Å². The summed E-state index contributed by atoms with van der Waals surface area (Å²) in [6, 6.07) is 13.2. The van der Waals surface area contributed by atoms with Crippen LogP contribution in [-0.2, 0) is 4.74 Å². The highest BCUT2D eigenvalue weighted by Crippen LogP contribution is 2.21. The van der Waals surface area contributed by atoms with E-state index in [2.05, 4.69) is 25.5 Å². The third kappa shape index (κ3) is 4.44. The maximum atomic E-state index is 12.5. The number of anilines is 2. The lowest BCUT2D eigenvalue weighted by molar-refractivity contribution is 0.0398. The molecule has 0 unspecified atom stereocenters. The molecule has 0 aliphatic carbocycles. The second-order valence-electron chi connectivity index (χ2n) is 6.65. The van der Waals surface area contributed by atoms with Crippen LogP contribution < -0.4 is 10.6 Å². The van der Waals surface area contributed by atoms with E-state index >= 15 is 0 Å². The van der Waals surface area contributed by atoms with Gasteiger partial charge < -0.3 is 15.4 Å². The topological polar surface area (TPSA) is 79.4 Å². The predicted molar refractivity (Wildman–Crippen MR) is 110 cm³/mol. The first-order valence-corrected chi connectivity index (χ1v) is 9.45. The highest BCUT2D eigenvalue weighted by atomic mass is 16.5. The van der Waals surface area contributed by atoms with Crippen LogP contribution in [0.25, 0.3) is 10.9 Å². The van der Waals surface area contributed by atoms with Crippen molar-refractivity contribution in [3.05, 3.63) is 60.6 Å². The summed E-state index contributed by atoms with van der Waals surface area (Å²) in [6.07, 6.45) is 3.41. The van der Waals surface area contributed by atoms with Crippen LogP contribution in [0, 0.1) is 0 Å². The van der Waals surface area contributed by atoms with Crippen molar-refractivity contribution in [1.82, 2.24) is 14.9 Å². The van der Waals surface area contributed by atoms with Crippen LogP contribution in [0.5, 0.6) is 0 Å². The highest BCUT2D eigenvalue weighted by molar-refractivity contribution is 6.07. The molecule has 1 aliphatic rings. The number of ether oxygens (including phenoxy) is 1. The fourth-order valence-corrected chi connectivity index (χ4v) is 3.21. The number of nitrogens with one attached hydrogen (secondary N) is 2. The fourth-order valence-electron chi connectivity index (χ4n) is 3.21. The molecular weight excluding hydrogens is 354 g/mol. The van der Waals surface area contributed by atoms with Gasteiger partial charge in [0.25, 0.3) is 5.91 Å². The molecule has 28 heavy (non-hydrogen) atoms. The maximum absolute atomic E-state index is 12.5. The van der Waals surface area contributed by atoms with Gasteiger partial charge in [0.05, 0.1) is 36.3 Å². The number of benzene rings is 1. The number of hydrogen-bond acceptors (Lipinski definition) is 6. The number of pyridine rings is 2. The van der Waals surface area contributed by atoms with Crippen molar-refractivity contribution in [2.24, 2.45) is 0 Å². The Labute approximate surface area is 163 Å². The van der Waals surface area contributed by atoms with Gasteiger partial charge in [-0.15, -0.1) is 0 Å². The van der Waals surface area contributed by atoms with Crippen molar-refractivity contribution < 1.29 is 9.53 Å². The van der Waals surface area contributed by atoms with Gasteiger partial charge in [0.1, 0.15) is 5.69 Å². The van der Waals surface area contributed by atoms with Crippen molar-refractivity contribution >= 4 is 28.2 Å². The molecule has 2 aromatic heterocycles. The molecule has 144 valence electrons. The zero-order valence-electron chi connectivity index (χ0n) is 15.6. The molecule has 0 bridgehead atoms. The summed E-state index contributed by atoms with van der Waals surface area (Å²) in [5, 5.41) is 7.23. The van der Waals surface area contributed by atoms with Gasteiger partial charge in [-0.05, 0) is 24.3 Å². The SMILES string of the molecule is O=C(Nc1cccc2cccnc12)c1ccc(NCCN2CCOCC2)cn1. The van der Waals surface area contributed by atoms with Crippen molar-refractivity contribution in [3.8, 4) is 0 Å². The van der Waals surface area contributed by atoms with Crippen LogP contribution in [0.3, 0.4) is 0 Å². The van der Waals surface area contributed by atoms with Gasteiger partial charge in [-0.2, -0.15) is 0 Å². The molecule has 7 nitrogen and oxygen atoms in total. The van der Waals surface area contributed by atoms with Gasteiger partial charge in [-0.3, -0.25) is 14.7 Å². The molecule has 7 heteroatoms. The zero-order valence-corrected chi connectivity index (χ0v) is 15.6. The van der Waals surface area contributed by atoms with E-state index in [1.54, 1.807) is 18.5 Å². The van der Waals surface area contributed by atoms with Gasteiger partial charge in [-0.25, -0.2) is 4.98 Å².